The lowest BCUT2D eigenvalue weighted by Gasteiger charge is -2.21. The van der Waals surface area contributed by atoms with Crippen molar-refractivity contribution in [1.29, 1.82) is 0 Å². The Bertz CT molecular complexity index is 1180. The summed E-state index contributed by atoms with van der Waals surface area (Å²) in [5.41, 5.74) is 5.83. The first-order chi connectivity index (χ1) is 14.8. The third kappa shape index (κ3) is 2.43. The zero-order valence-corrected chi connectivity index (χ0v) is 16.1. The second-order valence-electron chi connectivity index (χ2n) is 7.95. The maximum absolute atomic E-state index is 5.68. The molecule has 1 unspecified atom stereocenters. The van der Waals surface area contributed by atoms with Crippen LogP contribution in [0.15, 0.2) is 76.2 Å². The molecule has 7 rings (SSSR count). The highest BCUT2D eigenvalue weighted by Crippen LogP contribution is 2.43. The van der Waals surface area contributed by atoms with Gasteiger partial charge in [-0.1, -0.05) is 12.2 Å². The van der Waals surface area contributed by atoms with Gasteiger partial charge in [-0.15, -0.1) is 0 Å². The molecule has 1 aromatic carbocycles. The summed E-state index contributed by atoms with van der Waals surface area (Å²) in [4.78, 5) is 0. The van der Waals surface area contributed by atoms with E-state index >= 15 is 0 Å². The average Bonchev–Trinajstić information content (AvgIpc) is 3.48. The van der Waals surface area contributed by atoms with Crippen LogP contribution >= 0.6 is 0 Å². The first-order valence-corrected chi connectivity index (χ1v) is 10.1. The van der Waals surface area contributed by atoms with Crippen molar-refractivity contribution in [1.82, 2.24) is 0 Å². The molecule has 0 radical (unpaired) electrons. The molecule has 0 bridgehead atoms. The summed E-state index contributed by atoms with van der Waals surface area (Å²) < 4.78 is 34.0. The van der Waals surface area contributed by atoms with Crippen LogP contribution in [0.4, 0.5) is 0 Å². The average molecular weight is 402 g/mol. The molecule has 6 nitrogen and oxygen atoms in total. The van der Waals surface area contributed by atoms with Gasteiger partial charge in [0, 0.05) is 12.3 Å². The standard InChI is InChI=1S/C24H18O6/c1-13-4-19-21(27-10-25-19)6-15(13)2-17-8-23-24(30-12-29-23)9-18(17)3-16-7-22-20(5-14(1)16)26-11-28-22/h1-2,4-5,7-9,16H,3,6,10-12H2. The van der Waals surface area contributed by atoms with Gasteiger partial charge in [-0.2, -0.15) is 0 Å². The van der Waals surface area contributed by atoms with Crippen molar-refractivity contribution < 1.29 is 28.4 Å². The number of benzene rings is 1. The Balaban J connectivity index is 1.44. The molecule has 3 heterocycles. The Morgan fingerprint density at radius 2 is 1.57 bits per heavy atom. The molecule has 3 aliphatic heterocycles. The van der Waals surface area contributed by atoms with E-state index in [1.807, 2.05) is 0 Å². The van der Waals surface area contributed by atoms with E-state index in [2.05, 4.69) is 42.5 Å². The minimum absolute atomic E-state index is 0.161. The Morgan fingerprint density at radius 1 is 0.733 bits per heavy atom. The van der Waals surface area contributed by atoms with Gasteiger partial charge in [-0.25, -0.2) is 0 Å². The third-order valence-electron chi connectivity index (χ3n) is 6.21. The first kappa shape index (κ1) is 16.3. The van der Waals surface area contributed by atoms with Crippen LogP contribution < -0.4 is 9.47 Å². The zero-order chi connectivity index (χ0) is 19.7. The highest BCUT2D eigenvalue weighted by molar-refractivity contribution is 5.70. The summed E-state index contributed by atoms with van der Waals surface area (Å²) in [5.74, 6) is 5.07. The molecule has 0 spiro atoms. The van der Waals surface area contributed by atoms with Crippen LogP contribution in [0.25, 0.3) is 6.08 Å². The van der Waals surface area contributed by atoms with Crippen LogP contribution in [0.5, 0.6) is 11.5 Å². The van der Waals surface area contributed by atoms with E-state index in [0.717, 1.165) is 52.1 Å². The topological polar surface area (TPSA) is 55.4 Å². The van der Waals surface area contributed by atoms with Gasteiger partial charge in [0.15, 0.2) is 28.8 Å². The number of hydrogen-bond donors (Lipinski definition) is 0. The maximum Gasteiger partial charge on any atom is 0.231 e. The van der Waals surface area contributed by atoms with E-state index in [4.69, 9.17) is 28.4 Å². The monoisotopic (exact) mass is 402 g/mol. The molecule has 1 saturated heterocycles. The van der Waals surface area contributed by atoms with Gasteiger partial charge in [0.2, 0.25) is 20.4 Å². The SMILES string of the molecule is C1=C2C=C3C=C4OCOC4=CC3Cc3cc4c(cc3C=C2CC2=C1OCO2)OCO4. The number of ether oxygens (including phenoxy) is 6. The molecule has 0 saturated carbocycles. The molecule has 0 N–H and O–H groups in total. The van der Waals surface area contributed by atoms with Crippen LogP contribution in [0.1, 0.15) is 17.5 Å². The van der Waals surface area contributed by atoms with Crippen molar-refractivity contribution >= 4 is 6.08 Å². The van der Waals surface area contributed by atoms with E-state index in [9.17, 15) is 0 Å². The van der Waals surface area contributed by atoms with Crippen LogP contribution in [0, 0.1) is 5.92 Å². The molecule has 1 atom stereocenters. The van der Waals surface area contributed by atoms with Gasteiger partial charge < -0.3 is 28.4 Å². The van der Waals surface area contributed by atoms with Crippen molar-refractivity contribution in [3.8, 4) is 11.5 Å². The molecule has 1 aromatic rings. The molecular weight excluding hydrogens is 384 g/mol. The first-order valence-electron chi connectivity index (χ1n) is 10.1. The summed E-state index contributed by atoms with van der Waals surface area (Å²) in [7, 11) is 0. The Kier molecular flexibility index (Phi) is 3.25. The number of hydrogen-bond acceptors (Lipinski definition) is 6. The molecule has 6 heteroatoms. The lowest BCUT2D eigenvalue weighted by Crippen LogP contribution is -2.11. The van der Waals surface area contributed by atoms with E-state index in [-0.39, 0.29) is 26.3 Å². The molecule has 0 amide bonds. The van der Waals surface area contributed by atoms with E-state index in [0.29, 0.717) is 6.42 Å². The van der Waals surface area contributed by atoms with Gasteiger partial charge in [0.25, 0.3) is 0 Å². The Morgan fingerprint density at radius 3 is 2.53 bits per heavy atom. The second-order valence-corrected chi connectivity index (χ2v) is 7.95. The smallest absolute Gasteiger partial charge is 0.231 e. The maximum atomic E-state index is 5.68. The summed E-state index contributed by atoms with van der Waals surface area (Å²) in [6.07, 6.45) is 12.3. The molecule has 1 fully saturated rings. The van der Waals surface area contributed by atoms with Gasteiger partial charge in [0.05, 0.1) is 0 Å². The molecule has 30 heavy (non-hydrogen) atoms. The summed E-state index contributed by atoms with van der Waals surface area (Å²) in [6.45, 7) is 0.803. The van der Waals surface area contributed by atoms with Gasteiger partial charge in [-0.05, 0) is 64.6 Å². The van der Waals surface area contributed by atoms with E-state index in [1.165, 1.54) is 16.7 Å². The zero-order valence-electron chi connectivity index (χ0n) is 16.1. The fourth-order valence-corrected chi connectivity index (χ4v) is 4.67. The molecule has 0 aromatic heterocycles. The normalized spacial score (nSPS) is 24.8. The second kappa shape index (κ2) is 5.98. The van der Waals surface area contributed by atoms with Crippen molar-refractivity contribution in [2.75, 3.05) is 20.4 Å². The Hall–Kier alpha value is -3.54. The summed E-state index contributed by atoms with van der Waals surface area (Å²) in [6, 6.07) is 4.18. The molecular formula is C24H18O6. The highest BCUT2D eigenvalue weighted by Gasteiger charge is 2.31. The number of allylic oxidation sites excluding steroid dienone is 7. The fourth-order valence-electron chi connectivity index (χ4n) is 4.67. The van der Waals surface area contributed by atoms with Crippen molar-refractivity contribution in [2.45, 2.75) is 12.8 Å². The van der Waals surface area contributed by atoms with Crippen LogP contribution in [0.2, 0.25) is 0 Å². The minimum Gasteiger partial charge on any atom is -0.458 e. The van der Waals surface area contributed by atoms with Crippen LogP contribution in [-0.4, -0.2) is 20.4 Å². The van der Waals surface area contributed by atoms with E-state index in [1.54, 1.807) is 0 Å². The largest absolute Gasteiger partial charge is 0.458 e. The van der Waals surface area contributed by atoms with Crippen LogP contribution in [0.3, 0.4) is 0 Å². The number of rotatable bonds is 0. The lowest BCUT2D eigenvalue weighted by molar-refractivity contribution is 0.0736. The fraction of sp³-hybridized carbons (Fsp3) is 0.250. The highest BCUT2D eigenvalue weighted by atomic mass is 16.7. The molecule has 3 aliphatic carbocycles. The van der Waals surface area contributed by atoms with Crippen molar-refractivity contribution in [3.63, 3.8) is 0 Å². The summed E-state index contributed by atoms with van der Waals surface area (Å²) in [5, 5.41) is 0. The molecule has 150 valence electrons. The van der Waals surface area contributed by atoms with Gasteiger partial charge in [0.1, 0.15) is 5.76 Å². The minimum atomic E-state index is 0.161. The quantitative estimate of drug-likeness (QED) is 0.647. The van der Waals surface area contributed by atoms with Gasteiger partial charge in [-0.3, -0.25) is 0 Å². The predicted octanol–water partition coefficient (Wildman–Crippen LogP) is 4.23. The van der Waals surface area contributed by atoms with Crippen LogP contribution in [-0.2, 0) is 25.4 Å². The summed E-state index contributed by atoms with van der Waals surface area (Å²) >= 11 is 0. The van der Waals surface area contributed by atoms with Crippen molar-refractivity contribution in [3.05, 3.63) is 87.3 Å². The molecule has 6 aliphatic rings. The Labute approximate surface area is 173 Å². The lowest BCUT2D eigenvalue weighted by atomic mass is 9.85. The third-order valence-corrected chi connectivity index (χ3v) is 6.21. The van der Waals surface area contributed by atoms with Crippen molar-refractivity contribution in [2.24, 2.45) is 5.92 Å². The predicted molar refractivity (Wildman–Crippen MR) is 106 cm³/mol. The van der Waals surface area contributed by atoms with E-state index < -0.39 is 0 Å². The number of fused-ring (bicyclic) bond motifs is 5. The van der Waals surface area contributed by atoms with Gasteiger partial charge >= 0.3 is 0 Å².